The van der Waals surface area contributed by atoms with Gasteiger partial charge in [-0.05, 0) is 42.9 Å². The molecule has 0 radical (unpaired) electrons. The minimum Gasteiger partial charge on any atom is -0.482 e. The summed E-state index contributed by atoms with van der Waals surface area (Å²) in [7, 11) is 0. The van der Waals surface area contributed by atoms with Crippen LogP contribution in [0.2, 0.25) is 10.0 Å². The van der Waals surface area contributed by atoms with Gasteiger partial charge >= 0.3 is 5.97 Å². The lowest BCUT2D eigenvalue weighted by atomic mass is 9.94. The predicted octanol–water partition coefficient (Wildman–Crippen LogP) is 3.08. The summed E-state index contributed by atoms with van der Waals surface area (Å²) in [5.74, 6) is -0.541. The Kier molecular flexibility index (Phi) is 4.69. The molecule has 0 spiro atoms. The molecule has 3 atom stereocenters. The largest absolute Gasteiger partial charge is 0.482 e. The van der Waals surface area contributed by atoms with E-state index >= 15 is 0 Å². The lowest BCUT2D eigenvalue weighted by Gasteiger charge is -2.24. The van der Waals surface area contributed by atoms with Gasteiger partial charge in [0.15, 0.2) is 6.61 Å². The van der Waals surface area contributed by atoms with E-state index in [0.717, 1.165) is 19.3 Å². The normalized spacial score (nSPS) is 26.2. The van der Waals surface area contributed by atoms with Crippen LogP contribution in [-0.2, 0) is 9.59 Å². The zero-order valence-electron chi connectivity index (χ0n) is 12.4. The molecule has 5 nitrogen and oxygen atoms in total. The fourth-order valence-corrected chi connectivity index (χ4v) is 4.16. The van der Waals surface area contributed by atoms with Gasteiger partial charge in [-0.1, -0.05) is 29.6 Å². The van der Waals surface area contributed by atoms with Gasteiger partial charge in [-0.25, -0.2) is 4.79 Å². The maximum Gasteiger partial charge on any atom is 0.326 e. The van der Waals surface area contributed by atoms with Gasteiger partial charge in [-0.3, -0.25) is 4.79 Å². The second kappa shape index (κ2) is 6.57. The number of fused-ring (bicyclic) bond motifs is 1. The number of aliphatic carboxylic acids is 1. The molecule has 2 aliphatic rings. The Bertz CT molecular complexity index is 637. The van der Waals surface area contributed by atoms with E-state index in [4.69, 9.17) is 27.9 Å². The van der Waals surface area contributed by atoms with Gasteiger partial charge < -0.3 is 14.7 Å². The third kappa shape index (κ3) is 3.26. The van der Waals surface area contributed by atoms with Crippen molar-refractivity contribution in [3.05, 3.63) is 28.2 Å². The van der Waals surface area contributed by atoms with Gasteiger partial charge in [0.05, 0.1) is 5.02 Å². The molecule has 7 heteroatoms. The molecule has 1 aromatic carbocycles. The third-order valence-corrected chi connectivity index (χ3v) is 5.24. The molecule has 1 saturated heterocycles. The van der Waals surface area contributed by atoms with Crippen LogP contribution in [0.25, 0.3) is 0 Å². The molecule has 124 valence electrons. The van der Waals surface area contributed by atoms with Gasteiger partial charge in [-0.15, -0.1) is 0 Å². The smallest absolute Gasteiger partial charge is 0.326 e. The monoisotopic (exact) mass is 357 g/mol. The van der Waals surface area contributed by atoms with E-state index in [0.29, 0.717) is 28.3 Å². The number of carbonyl (C=O) groups excluding carboxylic acids is 1. The number of ether oxygens (including phenoxy) is 1. The zero-order chi connectivity index (χ0) is 16.6. The van der Waals surface area contributed by atoms with Crippen LogP contribution in [0.3, 0.4) is 0 Å². The molecule has 2 fully saturated rings. The maximum absolute atomic E-state index is 12.4. The van der Waals surface area contributed by atoms with Crippen LogP contribution in [0, 0.1) is 11.8 Å². The average Bonchev–Trinajstić information content (AvgIpc) is 3.05. The van der Waals surface area contributed by atoms with E-state index in [9.17, 15) is 14.7 Å². The van der Waals surface area contributed by atoms with Gasteiger partial charge in [-0.2, -0.15) is 0 Å². The summed E-state index contributed by atoms with van der Waals surface area (Å²) in [4.78, 5) is 25.4. The predicted molar refractivity (Wildman–Crippen MR) is 85.9 cm³/mol. The molecule has 1 aliphatic carbocycles. The van der Waals surface area contributed by atoms with Crippen molar-refractivity contribution in [1.29, 1.82) is 0 Å². The van der Waals surface area contributed by atoms with Crippen LogP contribution in [0.15, 0.2) is 18.2 Å². The minimum absolute atomic E-state index is 0.0653. The highest BCUT2D eigenvalue weighted by Crippen LogP contribution is 2.42. The van der Waals surface area contributed by atoms with E-state index in [1.807, 2.05) is 0 Å². The summed E-state index contributed by atoms with van der Waals surface area (Å²) in [6.45, 7) is 0.267. The summed E-state index contributed by atoms with van der Waals surface area (Å²) >= 11 is 11.8. The first kappa shape index (κ1) is 16.4. The molecule has 1 amide bonds. The number of benzene rings is 1. The molecular weight excluding hydrogens is 341 g/mol. The number of hydrogen-bond donors (Lipinski definition) is 1. The standard InChI is InChI=1S/C16H17Cl2NO4/c17-10-4-5-13(12(18)6-10)23-8-14(20)19-7-9-2-1-3-11(9)15(19)16(21)22/h4-6,9,11,15H,1-3,7-8H2,(H,21,22)/t9-,11-,15-/m0/s1. The highest BCUT2D eigenvalue weighted by Gasteiger charge is 2.49. The summed E-state index contributed by atoms with van der Waals surface area (Å²) in [6.07, 6.45) is 2.90. The Labute approximate surface area is 144 Å². The highest BCUT2D eigenvalue weighted by molar-refractivity contribution is 6.35. The second-order valence-corrected chi connectivity index (χ2v) is 6.89. The van der Waals surface area contributed by atoms with E-state index < -0.39 is 12.0 Å². The summed E-state index contributed by atoms with van der Waals surface area (Å²) < 4.78 is 5.44. The van der Waals surface area contributed by atoms with Crippen LogP contribution in [0.4, 0.5) is 0 Å². The van der Waals surface area contributed by atoms with Crippen LogP contribution in [-0.4, -0.2) is 41.1 Å². The number of likely N-dealkylation sites (tertiary alicyclic amines) is 1. The van der Waals surface area contributed by atoms with Crippen molar-refractivity contribution < 1.29 is 19.4 Å². The molecular formula is C16H17Cl2NO4. The number of carboxylic acid groups (broad SMARTS) is 1. The maximum atomic E-state index is 12.4. The van der Waals surface area contributed by atoms with E-state index in [2.05, 4.69) is 0 Å². The lowest BCUT2D eigenvalue weighted by molar-refractivity contribution is -0.150. The van der Waals surface area contributed by atoms with E-state index in [1.165, 1.54) is 11.0 Å². The third-order valence-electron chi connectivity index (χ3n) is 4.71. The first-order valence-corrected chi connectivity index (χ1v) is 8.33. The summed E-state index contributed by atoms with van der Waals surface area (Å²) in [5, 5.41) is 10.3. The quantitative estimate of drug-likeness (QED) is 0.898. The number of carboxylic acids is 1. The van der Waals surface area contributed by atoms with Crippen LogP contribution >= 0.6 is 23.2 Å². The number of halogens is 2. The Balaban J connectivity index is 1.66. The Hall–Kier alpha value is -1.46. The topological polar surface area (TPSA) is 66.8 Å². The van der Waals surface area contributed by atoms with Crippen LogP contribution in [0.1, 0.15) is 19.3 Å². The molecule has 1 heterocycles. The number of carbonyl (C=O) groups is 2. The molecule has 0 bridgehead atoms. The molecule has 1 aliphatic heterocycles. The first-order chi connectivity index (χ1) is 11.0. The van der Waals surface area contributed by atoms with Crippen molar-refractivity contribution in [2.24, 2.45) is 11.8 Å². The molecule has 1 saturated carbocycles. The van der Waals surface area contributed by atoms with Crippen molar-refractivity contribution in [2.45, 2.75) is 25.3 Å². The molecule has 3 rings (SSSR count). The molecule has 23 heavy (non-hydrogen) atoms. The van der Waals surface area contributed by atoms with Crippen molar-refractivity contribution in [1.82, 2.24) is 4.90 Å². The van der Waals surface area contributed by atoms with Crippen molar-refractivity contribution in [2.75, 3.05) is 13.2 Å². The van der Waals surface area contributed by atoms with Gasteiger partial charge in [0, 0.05) is 11.6 Å². The van der Waals surface area contributed by atoms with Gasteiger partial charge in [0.25, 0.3) is 5.91 Å². The summed E-state index contributed by atoms with van der Waals surface area (Å²) in [6, 6.07) is 4.00. The molecule has 0 aromatic heterocycles. The van der Waals surface area contributed by atoms with Crippen molar-refractivity contribution in [3.8, 4) is 5.75 Å². The second-order valence-electron chi connectivity index (χ2n) is 6.05. The summed E-state index contributed by atoms with van der Waals surface area (Å²) in [5.41, 5.74) is 0. The molecule has 0 unspecified atom stereocenters. The van der Waals surface area contributed by atoms with Crippen molar-refractivity contribution >= 4 is 35.1 Å². The Morgan fingerprint density at radius 1 is 1.30 bits per heavy atom. The Morgan fingerprint density at radius 2 is 2.09 bits per heavy atom. The fraction of sp³-hybridized carbons (Fsp3) is 0.500. The zero-order valence-corrected chi connectivity index (χ0v) is 13.9. The average molecular weight is 358 g/mol. The van der Waals surface area contributed by atoms with Crippen LogP contribution < -0.4 is 4.74 Å². The van der Waals surface area contributed by atoms with Crippen LogP contribution in [0.5, 0.6) is 5.75 Å². The Morgan fingerprint density at radius 3 is 2.78 bits per heavy atom. The van der Waals surface area contributed by atoms with Crippen molar-refractivity contribution in [3.63, 3.8) is 0 Å². The minimum atomic E-state index is -0.933. The number of amides is 1. The number of rotatable bonds is 4. The van der Waals surface area contributed by atoms with E-state index in [-0.39, 0.29) is 18.4 Å². The molecule has 1 aromatic rings. The highest BCUT2D eigenvalue weighted by atomic mass is 35.5. The first-order valence-electron chi connectivity index (χ1n) is 7.57. The number of hydrogen-bond acceptors (Lipinski definition) is 3. The SMILES string of the molecule is O=C(O)[C@@H]1[C@H]2CCC[C@H]2CN1C(=O)COc1ccc(Cl)cc1Cl. The van der Waals surface area contributed by atoms with E-state index in [1.54, 1.807) is 12.1 Å². The van der Waals surface area contributed by atoms with Gasteiger partial charge in [0.1, 0.15) is 11.8 Å². The lowest BCUT2D eigenvalue weighted by Crippen LogP contribution is -2.45. The molecule has 1 N–H and O–H groups in total. The number of nitrogens with zero attached hydrogens (tertiary/aromatic N) is 1. The van der Waals surface area contributed by atoms with Gasteiger partial charge in [0.2, 0.25) is 0 Å². The fourth-order valence-electron chi connectivity index (χ4n) is 3.69.